The third kappa shape index (κ3) is 6.13. The fourth-order valence-corrected chi connectivity index (χ4v) is 7.18. The maximum absolute atomic E-state index is 9.23. The quantitative estimate of drug-likeness (QED) is 0.0797. The second-order valence-corrected chi connectivity index (χ2v) is 12.0. The minimum absolute atomic E-state index is 0.261. The van der Waals surface area contributed by atoms with E-state index < -0.39 is 0 Å². The largest absolute Gasteiger partial charge is 0.405 e. The molecule has 228 valence electrons. The van der Waals surface area contributed by atoms with Crippen LogP contribution in [-0.2, 0) is 6.42 Å². The Bertz CT molecular complexity index is 2380. The predicted molar refractivity (Wildman–Crippen MR) is 201 cm³/mol. The molecule has 2 heterocycles. The summed E-state index contributed by atoms with van der Waals surface area (Å²) in [5.41, 5.74) is 18.0. The first kappa shape index (κ1) is 31.0. The summed E-state index contributed by atoms with van der Waals surface area (Å²) in [5.74, 6) is 0. The van der Waals surface area contributed by atoms with Gasteiger partial charge in [-0.25, -0.2) is 4.98 Å². The smallest absolute Gasteiger partial charge is 0.0722 e. The number of fused-ring (bicyclic) bond motifs is 5. The molecule has 0 aliphatic carbocycles. The molecule has 0 aliphatic rings. The normalized spacial score (nSPS) is 13.0. The van der Waals surface area contributed by atoms with Crippen molar-refractivity contribution < 1.29 is 0 Å². The van der Waals surface area contributed by atoms with Crippen molar-refractivity contribution in [2.45, 2.75) is 12.8 Å². The van der Waals surface area contributed by atoms with Crippen LogP contribution in [0.5, 0.6) is 0 Å². The third-order valence-electron chi connectivity index (χ3n) is 8.17. The molecule has 4 aromatic carbocycles. The lowest BCUT2D eigenvalue weighted by atomic mass is 9.88. The summed E-state index contributed by atoms with van der Waals surface area (Å²) < 4.78 is 2.49. The highest BCUT2D eigenvalue weighted by atomic mass is 32.1. The van der Waals surface area contributed by atoms with Crippen LogP contribution >= 0.6 is 11.3 Å². The second-order valence-electron chi connectivity index (χ2n) is 10.9. The molecule has 0 unspecified atom stereocenters. The Morgan fingerprint density at radius 2 is 1.68 bits per heavy atom. The van der Waals surface area contributed by atoms with E-state index in [9.17, 15) is 5.26 Å². The highest BCUT2D eigenvalue weighted by Gasteiger charge is 2.18. The van der Waals surface area contributed by atoms with Crippen LogP contribution in [0.25, 0.3) is 58.5 Å². The number of nitrogens with two attached hydrogens (primary N) is 2. The van der Waals surface area contributed by atoms with E-state index >= 15 is 0 Å². The second kappa shape index (κ2) is 13.9. The first-order valence-corrected chi connectivity index (χ1v) is 16.1. The Labute approximate surface area is 278 Å². The molecule has 5 N–H and O–H groups in total. The van der Waals surface area contributed by atoms with E-state index in [2.05, 4.69) is 85.5 Å². The van der Waals surface area contributed by atoms with Crippen LogP contribution in [0, 0.1) is 16.7 Å². The Hall–Kier alpha value is -6.03. The fraction of sp³-hybridized carbons (Fsp3) is 0.0488. The van der Waals surface area contributed by atoms with E-state index in [1.807, 2.05) is 41.7 Å². The number of benzene rings is 4. The van der Waals surface area contributed by atoms with Crippen molar-refractivity contribution in [3.05, 3.63) is 157 Å². The van der Waals surface area contributed by atoms with Crippen LogP contribution < -0.4 is 11.5 Å². The summed E-state index contributed by atoms with van der Waals surface area (Å²) in [4.78, 5) is 5.16. The highest BCUT2D eigenvalue weighted by Crippen LogP contribution is 2.44. The number of rotatable bonds is 10. The first-order valence-electron chi connectivity index (χ1n) is 15.3. The number of thiophene rings is 1. The van der Waals surface area contributed by atoms with Gasteiger partial charge in [-0.2, -0.15) is 5.26 Å². The lowest BCUT2D eigenvalue weighted by Gasteiger charge is -2.17. The summed E-state index contributed by atoms with van der Waals surface area (Å²) in [6.07, 6.45) is 16.5. The van der Waals surface area contributed by atoms with Gasteiger partial charge < -0.3 is 16.9 Å². The Morgan fingerprint density at radius 1 is 0.894 bits per heavy atom. The molecule has 2 aromatic heterocycles. The molecule has 6 heteroatoms. The first-order chi connectivity index (χ1) is 23.1. The summed E-state index contributed by atoms with van der Waals surface area (Å²) in [6.45, 7) is 3.81. The van der Waals surface area contributed by atoms with E-state index in [4.69, 9.17) is 21.9 Å². The number of hydrogen-bond acceptors (Lipinski definition) is 6. The van der Waals surface area contributed by atoms with Gasteiger partial charge in [-0.15, -0.1) is 11.3 Å². The van der Waals surface area contributed by atoms with Crippen LogP contribution in [0.15, 0.2) is 145 Å². The zero-order chi connectivity index (χ0) is 32.8. The zero-order valence-corrected chi connectivity index (χ0v) is 26.6. The molecule has 0 saturated heterocycles. The van der Waals surface area contributed by atoms with Gasteiger partial charge in [-0.05, 0) is 99.4 Å². The predicted octanol–water partition coefficient (Wildman–Crippen LogP) is 9.90. The van der Waals surface area contributed by atoms with Crippen molar-refractivity contribution in [2.24, 2.45) is 11.5 Å². The molecule has 0 amide bonds. The van der Waals surface area contributed by atoms with E-state index in [0.717, 1.165) is 38.7 Å². The molecule has 0 saturated carbocycles. The summed E-state index contributed by atoms with van der Waals surface area (Å²) in [7, 11) is 0. The number of nitrogens with zero attached hydrogens (tertiary/aromatic N) is 2. The van der Waals surface area contributed by atoms with Gasteiger partial charge in [-0.1, -0.05) is 79.4 Å². The average Bonchev–Trinajstić information content (AvgIpc) is 3.47. The van der Waals surface area contributed by atoms with Gasteiger partial charge in [0.15, 0.2) is 0 Å². The molecule has 0 aliphatic heterocycles. The Balaban J connectivity index is 1.62. The van der Waals surface area contributed by atoms with E-state index in [-0.39, 0.29) is 6.42 Å². The van der Waals surface area contributed by atoms with Crippen molar-refractivity contribution in [2.75, 3.05) is 0 Å². The fourth-order valence-electron chi connectivity index (χ4n) is 6.06. The molecule has 0 radical (unpaired) electrons. The molecule has 6 rings (SSSR count). The van der Waals surface area contributed by atoms with Gasteiger partial charge >= 0.3 is 0 Å². The van der Waals surface area contributed by atoms with Crippen molar-refractivity contribution in [1.82, 2.24) is 4.98 Å². The Kier molecular flexibility index (Phi) is 9.19. The van der Waals surface area contributed by atoms with E-state index in [0.29, 0.717) is 17.7 Å². The summed E-state index contributed by atoms with van der Waals surface area (Å²) >= 11 is 1.81. The van der Waals surface area contributed by atoms with Gasteiger partial charge in [0.05, 0.1) is 23.9 Å². The van der Waals surface area contributed by atoms with Gasteiger partial charge in [0.1, 0.15) is 0 Å². The van der Waals surface area contributed by atoms with Crippen molar-refractivity contribution >= 4 is 64.8 Å². The molecule has 0 spiro atoms. The maximum Gasteiger partial charge on any atom is 0.0722 e. The van der Waals surface area contributed by atoms with Crippen molar-refractivity contribution in [3.63, 3.8) is 0 Å². The van der Waals surface area contributed by atoms with Crippen molar-refractivity contribution in [3.8, 4) is 17.3 Å². The topological polar surface area (TPSA) is 113 Å². The number of allylic oxidation sites excluding steroid dienone is 8. The Morgan fingerprint density at radius 3 is 2.45 bits per heavy atom. The number of hydrogen-bond donors (Lipinski definition) is 3. The van der Waals surface area contributed by atoms with Crippen LogP contribution in [0.4, 0.5) is 0 Å². The summed E-state index contributed by atoms with van der Waals surface area (Å²) in [6, 6.07) is 29.9. The molecular formula is C41H33N5S. The van der Waals surface area contributed by atoms with Gasteiger partial charge in [0.2, 0.25) is 0 Å². The monoisotopic (exact) mass is 627 g/mol. The molecule has 0 atom stereocenters. The molecular weight excluding hydrogens is 595 g/mol. The van der Waals surface area contributed by atoms with E-state index in [1.165, 1.54) is 43.5 Å². The maximum atomic E-state index is 9.23. The highest BCUT2D eigenvalue weighted by molar-refractivity contribution is 7.25. The molecule has 5 nitrogen and oxygen atoms in total. The molecule has 6 aromatic rings. The lowest BCUT2D eigenvalue weighted by molar-refractivity contribution is 1.27. The van der Waals surface area contributed by atoms with Gasteiger partial charge in [-0.3, -0.25) is 0 Å². The molecule has 0 bridgehead atoms. The number of nitriles is 1. The number of pyridine rings is 1. The molecule has 0 fully saturated rings. The van der Waals surface area contributed by atoms with Crippen LogP contribution in [0.1, 0.15) is 17.7 Å². The standard InChI is InChI=1S/C41H33N5S/c1-2-27(20-23-43)36(45)16-7-5-13-30-29-12-3-4-15-32(29)41(38-18-9-17-37(46-38)28(21-24-44)11-10-22-42)35-25-34-31-14-6-8-19-39(31)47-40(34)26-33(30)35/h2-9,11-12,14-21,23-26,43H,1,10,13,44-45H2/b7-5-,24-21-,27-20+,28-11+,36-16-,43-23?. The van der Waals surface area contributed by atoms with Crippen LogP contribution in [0.2, 0.25) is 0 Å². The molecule has 47 heavy (non-hydrogen) atoms. The average molecular weight is 628 g/mol. The summed E-state index contributed by atoms with van der Waals surface area (Å²) in [5, 5.41) is 23.6. The zero-order valence-electron chi connectivity index (χ0n) is 25.8. The number of nitrogens with one attached hydrogen (secondary N) is 1. The van der Waals surface area contributed by atoms with Gasteiger partial charge in [0.25, 0.3) is 0 Å². The van der Waals surface area contributed by atoms with Crippen LogP contribution in [-0.4, -0.2) is 11.2 Å². The minimum atomic E-state index is 0.261. The minimum Gasteiger partial charge on any atom is -0.405 e. The SMILES string of the molecule is C=CC(=C\C=N)/C(N)=C/C=C\Cc1c2ccccc2c(-c2cccc(C(/C=C\N)=C/CC#N)n2)c2cc3c(cc12)sc1ccccc13. The van der Waals surface area contributed by atoms with Crippen LogP contribution in [0.3, 0.4) is 0 Å². The number of aromatic nitrogens is 1. The third-order valence-corrected chi connectivity index (χ3v) is 9.31. The lowest BCUT2D eigenvalue weighted by Crippen LogP contribution is -1.99. The van der Waals surface area contributed by atoms with Gasteiger partial charge in [0, 0.05) is 37.6 Å². The van der Waals surface area contributed by atoms with Crippen molar-refractivity contribution in [1.29, 1.82) is 10.7 Å². The van der Waals surface area contributed by atoms with E-state index in [1.54, 1.807) is 18.2 Å².